The van der Waals surface area contributed by atoms with E-state index in [1.54, 1.807) is 23.1 Å². The molecule has 3 aromatic carbocycles. The maximum atomic E-state index is 13.0. The van der Waals surface area contributed by atoms with Gasteiger partial charge in [0.1, 0.15) is 11.5 Å². The van der Waals surface area contributed by atoms with Crippen LogP contribution >= 0.6 is 34.8 Å². The average Bonchev–Trinajstić information content (AvgIpc) is 2.88. The lowest BCUT2D eigenvalue weighted by Crippen LogP contribution is -2.48. The molecule has 1 N–H and O–H groups in total. The monoisotopic (exact) mass is 547 g/mol. The minimum absolute atomic E-state index is 0.108. The molecule has 4 rings (SSSR count). The van der Waals surface area contributed by atoms with Crippen molar-refractivity contribution >= 4 is 58.0 Å². The highest BCUT2D eigenvalue weighted by Gasteiger charge is 2.25. The van der Waals surface area contributed by atoms with E-state index in [-0.39, 0.29) is 28.1 Å². The highest BCUT2D eigenvalue weighted by atomic mass is 35.5. The van der Waals surface area contributed by atoms with Crippen LogP contribution in [0.25, 0.3) is 0 Å². The normalized spacial score (nSPS) is 13.4. The summed E-state index contributed by atoms with van der Waals surface area (Å²) in [6.45, 7) is 2.45. The van der Waals surface area contributed by atoms with Gasteiger partial charge >= 0.3 is 0 Å². The van der Waals surface area contributed by atoms with E-state index < -0.39 is 0 Å². The first kappa shape index (κ1) is 25.9. The molecule has 2 amide bonds. The Bertz CT molecular complexity index is 1280. The maximum Gasteiger partial charge on any atom is 0.259 e. The first-order valence-electron chi connectivity index (χ1n) is 11.1. The lowest BCUT2D eigenvalue weighted by molar-refractivity contribution is 0.0743. The average molecular weight is 549 g/mol. The number of benzene rings is 3. The lowest BCUT2D eigenvalue weighted by Gasteiger charge is -2.36. The third-order valence-electron chi connectivity index (χ3n) is 5.91. The van der Waals surface area contributed by atoms with E-state index in [0.29, 0.717) is 53.2 Å². The Labute approximate surface area is 224 Å². The van der Waals surface area contributed by atoms with Crippen molar-refractivity contribution in [1.29, 1.82) is 0 Å². The van der Waals surface area contributed by atoms with Gasteiger partial charge in [-0.1, -0.05) is 34.8 Å². The van der Waals surface area contributed by atoms with Crippen molar-refractivity contribution in [1.82, 2.24) is 4.90 Å². The number of ether oxygens (including phenoxy) is 2. The van der Waals surface area contributed by atoms with Crippen LogP contribution in [-0.4, -0.2) is 57.1 Å². The van der Waals surface area contributed by atoms with E-state index in [2.05, 4.69) is 10.2 Å². The van der Waals surface area contributed by atoms with Gasteiger partial charge in [0, 0.05) is 47.6 Å². The standard InChI is InChI=1S/C26H24Cl3N3O4/c1-35-23-8-3-16(27)13-20(23)26(34)32-11-9-31(10-12-32)19-6-4-18(5-7-19)30-25(33)21-14-17(28)15-22(29)24(21)36-2/h3-8,13-15H,9-12H2,1-2H3,(H,30,33). The van der Waals surface area contributed by atoms with Crippen molar-refractivity contribution in [2.75, 3.05) is 50.6 Å². The van der Waals surface area contributed by atoms with Crippen molar-refractivity contribution in [2.24, 2.45) is 0 Å². The Morgan fingerprint density at radius 1 is 0.806 bits per heavy atom. The van der Waals surface area contributed by atoms with Gasteiger partial charge in [0.2, 0.25) is 0 Å². The second-order valence-electron chi connectivity index (χ2n) is 8.09. The van der Waals surface area contributed by atoms with Gasteiger partial charge in [0.05, 0.1) is 30.4 Å². The summed E-state index contributed by atoms with van der Waals surface area (Å²) < 4.78 is 10.6. The molecule has 1 fully saturated rings. The number of piperazine rings is 1. The molecule has 1 aliphatic heterocycles. The van der Waals surface area contributed by atoms with Crippen LogP contribution in [-0.2, 0) is 0 Å². The van der Waals surface area contributed by atoms with Crippen molar-refractivity contribution < 1.29 is 19.1 Å². The second-order valence-corrected chi connectivity index (χ2v) is 9.37. The van der Waals surface area contributed by atoms with Gasteiger partial charge in [-0.25, -0.2) is 0 Å². The number of carbonyl (C=O) groups excluding carboxylic acids is 2. The van der Waals surface area contributed by atoms with Crippen molar-refractivity contribution in [3.8, 4) is 11.5 Å². The summed E-state index contributed by atoms with van der Waals surface area (Å²) in [6.07, 6.45) is 0. The molecule has 0 aliphatic carbocycles. The quantitative estimate of drug-likeness (QED) is 0.417. The van der Waals surface area contributed by atoms with Crippen LogP contribution in [0.2, 0.25) is 15.1 Å². The zero-order valence-corrected chi connectivity index (χ0v) is 22.0. The van der Waals surface area contributed by atoms with E-state index in [4.69, 9.17) is 44.3 Å². The first-order chi connectivity index (χ1) is 17.3. The smallest absolute Gasteiger partial charge is 0.259 e. The number of nitrogens with one attached hydrogen (secondary N) is 1. The van der Waals surface area contributed by atoms with Crippen LogP contribution in [0, 0.1) is 0 Å². The van der Waals surface area contributed by atoms with Crippen molar-refractivity contribution in [3.63, 3.8) is 0 Å². The highest BCUT2D eigenvalue weighted by molar-refractivity contribution is 6.36. The number of anilines is 2. The topological polar surface area (TPSA) is 71.1 Å². The molecule has 0 unspecified atom stereocenters. The Balaban J connectivity index is 1.39. The summed E-state index contributed by atoms with van der Waals surface area (Å²) in [5.74, 6) is 0.274. The fourth-order valence-electron chi connectivity index (χ4n) is 4.08. The third kappa shape index (κ3) is 5.64. The Kier molecular flexibility index (Phi) is 8.14. The van der Waals surface area contributed by atoms with Crippen LogP contribution in [0.15, 0.2) is 54.6 Å². The number of carbonyl (C=O) groups is 2. The lowest BCUT2D eigenvalue weighted by atomic mass is 10.1. The molecule has 1 saturated heterocycles. The van der Waals surface area contributed by atoms with Crippen molar-refractivity contribution in [3.05, 3.63) is 80.8 Å². The number of methoxy groups -OCH3 is 2. The van der Waals surface area contributed by atoms with Crippen LogP contribution in [0.3, 0.4) is 0 Å². The summed E-state index contributed by atoms with van der Waals surface area (Å²) in [7, 11) is 2.98. The van der Waals surface area contributed by atoms with Crippen molar-refractivity contribution in [2.45, 2.75) is 0 Å². The molecule has 3 aromatic rings. The number of hydrogen-bond donors (Lipinski definition) is 1. The van der Waals surface area contributed by atoms with E-state index >= 15 is 0 Å². The molecule has 36 heavy (non-hydrogen) atoms. The molecule has 0 bridgehead atoms. The fourth-order valence-corrected chi connectivity index (χ4v) is 4.82. The van der Waals surface area contributed by atoms with Crippen LogP contribution < -0.4 is 19.7 Å². The summed E-state index contributed by atoms with van der Waals surface area (Å²) in [6, 6.07) is 15.5. The zero-order valence-electron chi connectivity index (χ0n) is 19.7. The molecule has 0 saturated carbocycles. The molecule has 188 valence electrons. The van der Waals surface area contributed by atoms with Crippen LogP contribution in [0.5, 0.6) is 11.5 Å². The van der Waals surface area contributed by atoms with Crippen LogP contribution in [0.1, 0.15) is 20.7 Å². The number of nitrogens with zero attached hydrogens (tertiary/aromatic N) is 2. The maximum absolute atomic E-state index is 13.0. The van der Waals surface area contributed by atoms with Gasteiger partial charge in [-0.15, -0.1) is 0 Å². The molecule has 1 heterocycles. The van der Waals surface area contributed by atoms with Gasteiger partial charge in [0.25, 0.3) is 11.8 Å². The van der Waals surface area contributed by atoms with E-state index in [1.807, 2.05) is 24.3 Å². The SMILES string of the molecule is COc1ccc(Cl)cc1C(=O)N1CCN(c2ccc(NC(=O)c3cc(Cl)cc(Cl)c3OC)cc2)CC1. The Morgan fingerprint density at radius 2 is 1.47 bits per heavy atom. The number of halogens is 3. The Hall–Kier alpha value is -3.13. The predicted octanol–water partition coefficient (Wildman–Crippen LogP) is 5.88. The zero-order chi connectivity index (χ0) is 25.8. The summed E-state index contributed by atoms with van der Waals surface area (Å²) in [5, 5.41) is 3.93. The van der Waals surface area contributed by atoms with Gasteiger partial charge in [-0.05, 0) is 54.6 Å². The largest absolute Gasteiger partial charge is 0.496 e. The minimum Gasteiger partial charge on any atom is -0.496 e. The van der Waals surface area contributed by atoms with Crippen LogP contribution in [0.4, 0.5) is 11.4 Å². The van der Waals surface area contributed by atoms with E-state index in [1.165, 1.54) is 26.4 Å². The Morgan fingerprint density at radius 3 is 2.11 bits per heavy atom. The van der Waals surface area contributed by atoms with E-state index in [9.17, 15) is 9.59 Å². The number of hydrogen-bond acceptors (Lipinski definition) is 5. The first-order valence-corrected chi connectivity index (χ1v) is 12.3. The number of amides is 2. The molecular formula is C26H24Cl3N3O4. The molecular weight excluding hydrogens is 525 g/mol. The number of rotatable bonds is 6. The minimum atomic E-state index is -0.382. The van der Waals surface area contributed by atoms with Gasteiger partial charge in [-0.3, -0.25) is 9.59 Å². The predicted molar refractivity (Wildman–Crippen MR) is 144 cm³/mol. The third-order valence-corrected chi connectivity index (χ3v) is 6.64. The summed E-state index contributed by atoms with van der Waals surface area (Å²) >= 11 is 18.3. The molecule has 0 aromatic heterocycles. The summed E-state index contributed by atoms with van der Waals surface area (Å²) in [5.41, 5.74) is 2.31. The second kappa shape index (κ2) is 11.3. The molecule has 0 spiro atoms. The highest BCUT2D eigenvalue weighted by Crippen LogP contribution is 2.33. The fraction of sp³-hybridized carbons (Fsp3) is 0.231. The molecule has 10 heteroatoms. The van der Waals surface area contributed by atoms with Gasteiger partial charge in [-0.2, -0.15) is 0 Å². The molecule has 0 radical (unpaired) electrons. The molecule has 1 aliphatic rings. The summed E-state index contributed by atoms with van der Waals surface area (Å²) in [4.78, 5) is 29.8. The van der Waals surface area contributed by atoms with Gasteiger partial charge < -0.3 is 24.6 Å². The van der Waals surface area contributed by atoms with E-state index in [0.717, 1.165) is 5.69 Å². The van der Waals surface area contributed by atoms with Gasteiger partial charge in [0.15, 0.2) is 0 Å². The molecule has 0 atom stereocenters. The molecule has 7 nitrogen and oxygen atoms in total.